The fourth-order valence-electron chi connectivity index (χ4n) is 1.38. The first-order valence-corrected chi connectivity index (χ1v) is 7.18. The fourth-order valence-corrected chi connectivity index (χ4v) is 2.43. The number of halogens is 1. The van der Waals surface area contributed by atoms with Gasteiger partial charge in [0.05, 0.1) is 23.4 Å². The van der Waals surface area contributed by atoms with Gasteiger partial charge in [-0.25, -0.2) is 0 Å². The Bertz CT molecular complexity index is 398. The fraction of sp³-hybridized carbons (Fsp3) is 0.462. The van der Waals surface area contributed by atoms with Crippen LogP contribution >= 0.6 is 23.4 Å². The Labute approximate surface area is 117 Å². The van der Waals surface area contributed by atoms with Crippen LogP contribution in [0.15, 0.2) is 29.2 Å². The second-order valence-electron chi connectivity index (χ2n) is 4.32. The van der Waals surface area contributed by atoms with Crippen molar-refractivity contribution in [2.24, 2.45) is 5.92 Å². The Hall–Kier alpha value is -0.710. The Morgan fingerprint density at radius 1 is 1.44 bits per heavy atom. The minimum atomic E-state index is -0.190. The zero-order valence-electron chi connectivity index (χ0n) is 10.5. The first-order valence-electron chi connectivity index (χ1n) is 5.82. The van der Waals surface area contributed by atoms with Gasteiger partial charge in [-0.2, -0.15) is 0 Å². The van der Waals surface area contributed by atoms with Crippen LogP contribution < -0.4 is 5.32 Å². The third-order valence-corrected chi connectivity index (χ3v) is 4.06. The normalized spacial score (nSPS) is 12.5. The van der Waals surface area contributed by atoms with Gasteiger partial charge >= 0.3 is 0 Å². The largest absolute Gasteiger partial charge is 0.394 e. The Kier molecular flexibility index (Phi) is 6.54. The number of rotatable bonds is 6. The highest BCUT2D eigenvalue weighted by Crippen LogP contribution is 2.26. The van der Waals surface area contributed by atoms with Gasteiger partial charge in [0.2, 0.25) is 5.91 Å². The van der Waals surface area contributed by atoms with Crippen molar-refractivity contribution in [3.8, 4) is 0 Å². The number of amides is 1. The second-order valence-corrected chi connectivity index (χ2v) is 5.74. The van der Waals surface area contributed by atoms with Crippen molar-refractivity contribution in [1.29, 1.82) is 0 Å². The highest BCUT2D eigenvalue weighted by molar-refractivity contribution is 8.00. The maximum atomic E-state index is 11.7. The summed E-state index contributed by atoms with van der Waals surface area (Å²) in [4.78, 5) is 12.6. The molecule has 0 fully saturated rings. The van der Waals surface area contributed by atoms with Crippen LogP contribution in [0.3, 0.4) is 0 Å². The zero-order valence-corrected chi connectivity index (χ0v) is 12.1. The number of hydrogen-bond donors (Lipinski definition) is 2. The molecule has 0 saturated heterocycles. The minimum absolute atomic E-state index is 0.0415. The van der Waals surface area contributed by atoms with Gasteiger partial charge in [0.15, 0.2) is 0 Å². The molecule has 5 heteroatoms. The molecule has 1 unspecified atom stereocenters. The highest BCUT2D eigenvalue weighted by atomic mass is 35.5. The van der Waals surface area contributed by atoms with E-state index >= 15 is 0 Å². The molecule has 0 heterocycles. The summed E-state index contributed by atoms with van der Waals surface area (Å²) >= 11 is 7.39. The van der Waals surface area contributed by atoms with E-state index in [0.717, 1.165) is 4.90 Å². The van der Waals surface area contributed by atoms with Crippen molar-refractivity contribution in [1.82, 2.24) is 5.32 Å². The lowest BCUT2D eigenvalue weighted by Gasteiger charge is -2.19. The molecule has 0 spiro atoms. The van der Waals surface area contributed by atoms with Gasteiger partial charge in [-0.15, -0.1) is 11.8 Å². The molecule has 18 heavy (non-hydrogen) atoms. The average Bonchev–Trinajstić information content (AvgIpc) is 2.34. The number of benzene rings is 1. The predicted molar refractivity (Wildman–Crippen MR) is 76.0 cm³/mol. The van der Waals surface area contributed by atoms with Crippen molar-refractivity contribution in [2.75, 3.05) is 12.4 Å². The van der Waals surface area contributed by atoms with Crippen LogP contribution in [0.25, 0.3) is 0 Å². The molecule has 0 aliphatic heterocycles. The molecule has 0 aliphatic rings. The van der Waals surface area contributed by atoms with Crippen LogP contribution in [-0.4, -0.2) is 29.4 Å². The molecule has 1 amide bonds. The van der Waals surface area contributed by atoms with E-state index in [0.29, 0.717) is 10.8 Å². The summed E-state index contributed by atoms with van der Waals surface area (Å²) < 4.78 is 0. The number of hydrogen-bond acceptors (Lipinski definition) is 3. The van der Waals surface area contributed by atoms with Crippen molar-refractivity contribution in [2.45, 2.75) is 24.8 Å². The topological polar surface area (TPSA) is 49.3 Å². The first-order chi connectivity index (χ1) is 8.54. The van der Waals surface area contributed by atoms with E-state index in [9.17, 15) is 4.79 Å². The van der Waals surface area contributed by atoms with Crippen LogP contribution in [-0.2, 0) is 4.79 Å². The molecule has 0 radical (unpaired) electrons. The number of carbonyl (C=O) groups excluding carboxylic acids is 1. The maximum Gasteiger partial charge on any atom is 0.230 e. The lowest BCUT2D eigenvalue weighted by molar-refractivity contribution is -0.119. The Morgan fingerprint density at radius 3 is 2.67 bits per heavy atom. The van der Waals surface area contributed by atoms with Gasteiger partial charge in [0.1, 0.15) is 0 Å². The van der Waals surface area contributed by atoms with E-state index in [1.807, 2.05) is 32.0 Å². The quantitative estimate of drug-likeness (QED) is 0.791. The third-order valence-electron chi connectivity index (χ3n) is 2.54. The summed E-state index contributed by atoms with van der Waals surface area (Å²) in [5, 5.41) is 12.6. The monoisotopic (exact) mass is 287 g/mol. The lowest BCUT2D eigenvalue weighted by atomic mass is 10.1. The summed E-state index contributed by atoms with van der Waals surface area (Å²) in [6.45, 7) is 3.88. The molecule has 1 rings (SSSR count). The summed E-state index contributed by atoms with van der Waals surface area (Å²) in [5.74, 6) is 0.421. The minimum Gasteiger partial charge on any atom is -0.394 e. The lowest BCUT2D eigenvalue weighted by Crippen LogP contribution is -2.41. The summed E-state index contributed by atoms with van der Waals surface area (Å²) in [6.07, 6.45) is 0. The second kappa shape index (κ2) is 7.67. The molecule has 1 aromatic rings. The average molecular weight is 288 g/mol. The van der Waals surface area contributed by atoms with E-state index in [4.69, 9.17) is 16.7 Å². The van der Waals surface area contributed by atoms with Gasteiger partial charge in [0, 0.05) is 4.90 Å². The number of nitrogens with one attached hydrogen (secondary N) is 1. The predicted octanol–water partition coefficient (Wildman–Crippen LogP) is 2.57. The van der Waals surface area contributed by atoms with E-state index in [1.165, 1.54) is 11.8 Å². The molecule has 0 aliphatic carbocycles. The first kappa shape index (κ1) is 15.3. The molecule has 0 aromatic heterocycles. The summed E-state index contributed by atoms with van der Waals surface area (Å²) in [6, 6.07) is 7.23. The van der Waals surface area contributed by atoms with Crippen molar-refractivity contribution >= 4 is 29.3 Å². The van der Waals surface area contributed by atoms with Crippen molar-refractivity contribution in [3.63, 3.8) is 0 Å². The van der Waals surface area contributed by atoms with Gasteiger partial charge in [-0.1, -0.05) is 37.6 Å². The molecule has 2 N–H and O–H groups in total. The molecule has 0 saturated carbocycles. The molecule has 100 valence electrons. The number of aliphatic hydroxyl groups is 1. The third kappa shape index (κ3) is 4.88. The SMILES string of the molecule is CC(C)C(CO)NC(=O)CSc1ccccc1Cl. The number of aliphatic hydroxyl groups excluding tert-OH is 1. The van der Waals surface area contributed by atoms with E-state index < -0.39 is 0 Å². The molecule has 1 aromatic carbocycles. The van der Waals surface area contributed by atoms with Crippen LogP contribution in [0.1, 0.15) is 13.8 Å². The van der Waals surface area contributed by atoms with Gasteiger partial charge in [-0.3, -0.25) is 4.79 Å². The molecular weight excluding hydrogens is 270 g/mol. The molecule has 3 nitrogen and oxygen atoms in total. The van der Waals surface area contributed by atoms with Crippen molar-refractivity contribution in [3.05, 3.63) is 29.3 Å². The van der Waals surface area contributed by atoms with Crippen LogP contribution in [0.2, 0.25) is 5.02 Å². The van der Waals surface area contributed by atoms with Gasteiger partial charge in [-0.05, 0) is 18.1 Å². The number of carbonyl (C=O) groups is 1. The standard InChI is InChI=1S/C13H18ClNO2S/c1-9(2)11(7-16)15-13(17)8-18-12-6-4-3-5-10(12)14/h3-6,9,11,16H,7-8H2,1-2H3,(H,15,17). The van der Waals surface area contributed by atoms with Crippen LogP contribution in [0, 0.1) is 5.92 Å². The molecular formula is C13H18ClNO2S. The summed E-state index contributed by atoms with van der Waals surface area (Å²) in [5.41, 5.74) is 0. The van der Waals surface area contributed by atoms with Gasteiger partial charge < -0.3 is 10.4 Å². The Morgan fingerprint density at radius 2 is 2.11 bits per heavy atom. The van der Waals surface area contributed by atoms with E-state index in [1.54, 1.807) is 6.07 Å². The van der Waals surface area contributed by atoms with Crippen LogP contribution in [0.4, 0.5) is 0 Å². The zero-order chi connectivity index (χ0) is 13.5. The maximum absolute atomic E-state index is 11.7. The summed E-state index contributed by atoms with van der Waals surface area (Å²) in [7, 11) is 0. The highest BCUT2D eigenvalue weighted by Gasteiger charge is 2.15. The smallest absolute Gasteiger partial charge is 0.230 e. The number of thioether (sulfide) groups is 1. The molecule has 1 atom stereocenters. The van der Waals surface area contributed by atoms with E-state index in [2.05, 4.69) is 5.32 Å². The van der Waals surface area contributed by atoms with Gasteiger partial charge in [0.25, 0.3) is 0 Å². The van der Waals surface area contributed by atoms with E-state index in [-0.39, 0.29) is 24.5 Å². The van der Waals surface area contributed by atoms with Crippen molar-refractivity contribution < 1.29 is 9.90 Å². The Balaban J connectivity index is 2.44. The molecule has 0 bridgehead atoms. The van der Waals surface area contributed by atoms with Crippen LogP contribution in [0.5, 0.6) is 0 Å².